The van der Waals surface area contributed by atoms with Crippen molar-refractivity contribution in [2.24, 2.45) is 11.3 Å². The summed E-state index contributed by atoms with van der Waals surface area (Å²) in [6, 6.07) is 0. The lowest BCUT2D eigenvalue weighted by Gasteiger charge is -2.47. The zero-order chi connectivity index (χ0) is 9.35. The Morgan fingerprint density at radius 1 is 1.75 bits per heavy atom. The second-order valence-electron chi connectivity index (χ2n) is 4.16. The first kappa shape index (κ1) is 9.30. The summed E-state index contributed by atoms with van der Waals surface area (Å²) < 4.78 is 0. The zero-order valence-electron chi connectivity index (χ0n) is 7.76. The molecule has 0 unspecified atom stereocenters. The van der Waals surface area contributed by atoms with E-state index in [0.29, 0.717) is 5.92 Å². The van der Waals surface area contributed by atoms with Crippen LogP contribution in [0.15, 0.2) is 12.2 Å². The minimum absolute atomic E-state index is 0.0162. The van der Waals surface area contributed by atoms with E-state index in [9.17, 15) is 4.79 Å². The van der Waals surface area contributed by atoms with Crippen LogP contribution in [0.25, 0.3) is 0 Å². The fourth-order valence-electron chi connectivity index (χ4n) is 2.18. The lowest BCUT2D eigenvalue weighted by molar-refractivity contribution is -0.142. The fraction of sp³-hybridized carbons (Fsp3) is 0.700. The Kier molecular flexibility index (Phi) is 2.27. The second-order valence-corrected chi connectivity index (χ2v) is 4.16. The van der Waals surface area contributed by atoms with E-state index in [4.69, 9.17) is 5.11 Å². The third kappa shape index (κ3) is 1.52. The van der Waals surface area contributed by atoms with Gasteiger partial charge >= 0.3 is 5.97 Å². The third-order valence-electron chi connectivity index (χ3n) is 3.00. The van der Waals surface area contributed by atoms with Crippen LogP contribution in [0.1, 0.15) is 33.1 Å². The Balaban J connectivity index is 2.60. The van der Waals surface area contributed by atoms with Crippen LogP contribution in [-0.2, 0) is 4.79 Å². The molecule has 1 aliphatic carbocycles. The maximum absolute atomic E-state index is 10.5. The minimum Gasteiger partial charge on any atom is -0.481 e. The van der Waals surface area contributed by atoms with E-state index in [-0.39, 0.29) is 11.8 Å². The average Bonchev–Trinajstić information content (AvgIpc) is 1.82. The van der Waals surface area contributed by atoms with Crippen molar-refractivity contribution in [1.82, 2.24) is 0 Å². The van der Waals surface area contributed by atoms with Gasteiger partial charge in [0.1, 0.15) is 0 Å². The van der Waals surface area contributed by atoms with Crippen LogP contribution >= 0.6 is 0 Å². The molecule has 0 aromatic carbocycles. The van der Waals surface area contributed by atoms with Crippen LogP contribution in [0, 0.1) is 11.3 Å². The Bertz CT molecular complexity index is 220. The Morgan fingerprint density at radius 2 is 2.33 bits per heavy atom. The molecule has 0 aromatic heterocycles. The summed E-state index contributed by atoms with van der Waals surface area (Å²) in [6.07, 6.45) is 2.42. The number of rotatable bonds is 3. The number of allylic oxidation sites excluding steroid dienone is 1. The van der Waals surface area contributed by atoms with Crippen molar-refractivity contribution < 1.29 is 9.90 Å². The number of carboxylic acids is 1. The highest BCUT2D eigenvalue weighted by molar-refractivity contribution is 5.68. The molecule has 0 spiro atoms. The van der Waals surface area contributed by atoms with Crippen molar-refractivity contribution in [1.29, 1.82) is 0 Å². The lowest BCUT2D eigenvalue weighted by Crippen LogP contribution is -2.39. The first-order valence-corrected chi connectivity index (χ1v) is 4.33. The number of hydrogen-bond donors (Lipinski definition) is 1. The first-order valence-electron chi connectivity index (χ1n) is 4.33. The first-order chi connectivity index (χ1) is 5.46. The van der Waals surface area contributed by atoms with Crippen molar-refractivity contribution in [3.8, 4) is 0 Å². The fourth-order valence-corrected chi connectivity index (χ4v) is 2.18. The summed E-state index contributed by atoms with van der Waals surface area (Å²) in [7, 11) is 0. The standard InChI is InChI=1S/C10H16O2/c1-7(2)8-4-5-10(8,3)6-9(11)12/h8H,1,4-6H2,2-3H3,(H,11,12)/t8-,10-/m0/s1. The zero-order valence-corrected chi connectivity index (χ0v) is 7.76. The molecule has 1 rings (SSSR count). The highest BCUT2D eigenvalue weighted by atomic mass is 16.4. The average molecular weight is 168 g/mol. The molecule has 1 aliphatic rings. The van der Waals surface area contributed by atoms with Gasteiger partial charge in [0, 0.05) is 0 Å². The monoisotopic (exact) mass is 168 g/mol. The van der Waals surface area contributed by atoms with Gasteiger partial charge in [0.25, 0.3) is 0 Å². The van der Waals surface area contributed by atoms with Crippen molar-refractivity contribution in [3.05, 3.63) is 12.2 Å². The Labute approximate surface area is 73.3 Å². The van der Waals surface area contributed by atoms with Crippen LogP contribution in [0.3, 0.4) is 0 Å². The van der Waals surface area contributed by atoms with Crippen molar-refractivity contribution in [2.45, 2.75) is 33.1 Å². The second kappa shape index (κ2) is 2.92. The van der Waals surface area contributed by atoms with Crippen LogP contribution in [0.5, 0.6) is 0 Å². The van der Waals surface area contributed by atoms with Crippen LogP contribution < -0.4 is 0 Å². The smallest absolute Gasteiger partial charge is 0.303 e. The molecular weight excluding hydrogens is 152 g/mol. The van der Waals surface area contributed by atoms with Gasteiger partial charge in [0.15, 0.2) is 0 Å². The Morgan fingerprint density at radius 3 is 2.58 bits per heavy atom. The van der Waals surface area contributed by atoms with E-state index in [2.05, 4.69) is 6.58 Å². The van der Waals surface area contributed by atoms with Crippen molar-refractivity contribution in [3.63, 3.8) is 0 Å². The van der Waals surface area contributed by atoms with Gasteiger partial charge in [-0.3, -0.25) is 4.79 Å². The number of carboxylic acid groups (broad SMARTS) is 1. The minimum atomic E-state index is -0.691. The molecule has 12 heavy (non-hydrogen) atoms. The summed E-state index contributed by atoms with van der Waals surface area (Å²) in [5.74, 6) is -0.267. The van der Waals surface area contributed by atoms with E-state index < -0.39 is 5.97 Å². The molecule has 0 heterocycles. The van der Waals surface area contributed by atoms with Gasteiger partial charge in [-0.05, 0) is 31.1 Å². The van der Waals surface area contributed by atoms with Gasteiger partial charge in [-0.25, -0.2) is 0 Å². The molecule has 0 saturated heterocycles. The van der Waals surface area contributed by atoms with Gasteiger partial charge in [-0.2, -0.15) is 0 Å². The molecule has 1 saturated carbocycles. The summed E-state index contributed by atoms with van der Waals surface area (Å²) in [5, 5.41) is 8.68. The molecule has 2 nitrogen and oxygen atoms in total. The highest BCUT2D eigenvalue weighted by Crippen LogP contribution is 2.51. The molecule has 0 bridgehead atoms. The van der Waals surface area contributed by atoms with Crippen LogP contribution in [0.2, 0.25) is 0 Å². The molecule has 2 atom stereocenters. The predicted molar refractivity (Wildman–Crippen MR) is 47.9 cm³/mol. The van der Waals surface area contributed by atoms with E-state index in [1.54, 1.807) is 0 Å². The summed E-state index contributed by atoms with van der Waals surface area (Å²) >= 11 is 0. The van der Waals surface area contributed by atoms with Crippen molar-refractivity contribution >= 4 is 5.97 Å². The van der Waals surface area contributed by atoms with Gasteiger partial charge in [-0.1, -0.05) is 19.1 Å². The van der Waals surface area contributed by atoms with E-state index in [1.165, 1.54) is 0 Å². The van der Waals surface area contributed by atoms with Gasteiger partial charge in [0.2, 0.25) is 0 Å². The van der Waals surface area contributed by atoms with Gasteiger partial charge in [0.05, 0.1) is 6.42 Å². The Hall–Kier alpha value is -0.790. The molecule has 68 valence electrons. The molecule has 1 fully saturated rings. The van der Waals surface area contributed by atoms with E-state index in [0.717, 1.165) is 18.4 Å². The van der Waals surface area contributed by atoms with Crippen LogP contribution in [-0.4, -0.2) is 11.1 Å². The predicted octanol–water partition coefficient (Wildman–Crippen LogP) is 2.45. The SMILES string of the molecule is C=C(C)[C@@H]1CC[C@@]1(C)CC(=O)O. The molecule has 0 amide bonds. The molecule has 2 heteroatoms. The normalized spacial score (nSPS) is 34.0. The van der Waals surface area contributed by atoms with Crippen molar-refractivity contribution in [2.75, 3.05) is 0 Å². The highest BCUT2D eigenvalue weighted by Gasteiger charge is 2.44. The largest absolute Gasteiger partial charge is 0.481 e. The maximum atomic E-state index is 10.5. The summed E-state index contributed by atoms with van der Waals surface area (Å²) in [4.78, 5) is 10.5. The molecule has 0 aliphatic heterocycles. The molecule has 1 N–H and O–H groups in total. The van der Waals surface area contributed by atoms with Gasteiger partial charge in [-0.15, -0.1) is 0 Å². The van der Waals surface area contributed by atoms with E-state index >= 15 is 0 Å². The molecule has 0 aromatic rings. The topological polar surface area (TPSA) is 37.3 Å². The maximum Gasteiger partial charge on any atom is 0.303 e. The molecule has 0 radical (unpaired) electrons. The summed E-state index contributed by atoms with van der Waals surface area (Å²) in [6.45, 7) is 7.92. The number of carbonyl (C=O) groups is 1. The van der Waals surface area contributed by atoms with Crippen LogP contribution in [0.4, 0.5) is 0 Å². The van der Waals surface area contributed by atoms with E-state index in [1.807, 2.05) is 13.8 Å². The van der Waals surface area contributed by atoms with Gasteiger partial charge < -0.3 is 5.11 Å². The number of hydrogen-bond acceptors (Lipinski definition) is 1. The molecular formula is C10H16O2. The quantitative estimate of drug-likeness (QED) is 0.657. The lowest BCUT2D eigenvalue weighted by atomic mass is 9.57. The summed E-state index contributed by atoms with van der Waals surface area (Å²) in [5.41, 5.74) is 1.11. The third-order valence-corrected chi connectivity index (χ3v) is 3.00. The number of aliphatic carboxylic acids is 1.